The second-order valence-corrected chi connectivity index (χ2v) is 5.86. The second-order valence-electron chi connectivity index (χ2n) is 5.86. The molecule has 0 aliphatic rings. The molecule has 4 rings (SSSR count). The summed E-state index contributed by atoms with van der Waals surface area (Å²) in [5.41, 5.74) is 4.31. The number of aromatic nitrogens is 1. The molecule has 0 spiro atoms. The van der Waals surface area contributed by atoms with E-state index in [-0.39, 0.29) is 5.43 Å². The van der Waals surface area contributed by atoms with E-state index in [0.717, 1.165) is 32.8 Å². The fourth-order valence-electron chi connectivity index (χ4n) is 3.23. The highest BCUT2D eigenvalue weighted by molar-refractivity contribution is 6.10. The zero-order chi connectivity index (χ0) is 16.5. The van der Waals surface area contributed by atoms with Crippen LogP contribution in [0.4, 0.5) is 0 Å². The Balaban J connectivity index is 2.01. The zero-order valence-corrected chi connectivity index (χ0v) is 13.4. The van der Waals surface area contributed by atoms with Crippen LogP contribution in [0.2, 0.25) is 0 Å². The predicted molar refractivity (Wildman–Crippen MR) is 102 cm³/mol. The average molecular weight is 311 g/mol. The molecule has 24 heavy (non-hydrogen) atoms. The van der Waals surface area contributed by atoms with Crippen LogP contribution < -0.4 is 5.43 Å². The fraction of sp³-hybridized carbons (Fsp3) is 0.0455. The van der Waals surface area contributed by atoms with Crippen molar-refractivity contribution in [1.29, 1.82) is 0 Å². The third kappa shape index (κ3) is 2.33. The standard InChI is InChI=1S/C22H17NO/c1-2-4-15-6-8-16(9-7-15)18-12-13-20(24)21-19(18)11-10-17-5-3-14-23-22(17)21/h2-14,23H,1H3. The second kappa shape index (κ2) is 5.82. The highest BCUT2D eigenvalue weighted by atomic mass is 16.1. The van der Waals surface area contributed by atoms with E-state index in [1.807, 2.05) is 43.5 Å². The number of aromatic amines is 1. The van der Waals surface area contributed by atoms with E-state index in [9.17, 15) is 4.79 Å². The number of hydrogen-bond donors (Lipinski definition) is 1. The molecule has 0 unspecified atom stereocenters. The number of hydrogen-bond acceptors (Lipinski definition) is 1. The highest BCUT2D eigenvalue weighted by Crippen LogP contribution is 2.30. The lowest BCUT2D eigenvalue weighted by Gasteiger charge is -2.09. The maximum Gasteiger partial charge on any atom is 0.188 e. The van der Waals surface area contributed by atoms with Gasteiger partial charge in [-0.2, -0.15) is 0 Å². The lowest BCUT2D eigenvalue weighted by atomic mass is 9.95. The Morgan fingerprint density at radius 2 is 1.75 bits per heavy atom. The summed E-state index contributed by atoms with van der Waals surface area (Å²) in [6.45, 7) is 2.01. The number of rotatable bonds is 2. The number of H-pyrrole nitrogens is 1. The van der Waals surface area contributed by atoms with Crippen LogP contribution in [0.5, 0.6) is 0 Å². The number of benzene rings is 3. The number of allylic oxidation sites excluding steroid dienone is 1. The number of nitrogens with one attached hydrogen (secondary N) is 1. The first-order valence-electron chi connectivity index (χ1n) is 8.04. The van der Waals surface area contributed by atoms with Gasteiger partial charge in [0.25, 0.3) is 0 Å². The monoisotopic (exact) mass is 311 g/mol. The van der Waals surface area contributed by atoms with Crippen LogP contribution in [-0.2, 0) is 0 Å². The van der Waals surface area contributed by atoms with Crippen LogP contribution in [0.15, 0.2) is 77.7 Å². The van der Waals surface area contributed by atoms with Crippen LogP contribution in [0.25, 0.3) is 38.9 Å². The molecule has 1 N–H and O–H groups in total. The summed E-state index contributed by atoms with van der Waals surface area (Å²) in [5.74, 6) is 0. The third-order valence-electron chi connectivity index (χ3n) is 4.36. The first-order valence-corrected chi connectivity index (χ1v) is 8.04. The Morgan fingerprint density at radius 3 is 2.54 bits per heavy atom. The number of fused-ring (bicyclic) bond motifs is 3. The molecule has 1 aromatic heterocycles. The van der Waals surface area contributed by atoms with Gasteiger partial charge in [0.15, 0.2) is 5.43 Å². The molecule has 0 fully saturated rings. The summed E-state index contributed by atoms with van der Waals surface area (Å²) in [6, 6.07) is 20.1. The lowest BCUT2D eigenvalue weighted by Crippen LogP contribution is -2.01. The van der Waals surface area contributed by atoms with E-state index in [1.54, 1.807) is 6.07 Å². The summed E-state index contributed by atoms with van der Waals surface area (Å²) >= 11 is 0. The van der Waals surface area contributed by atoms with Gasteiger partial charge in [0.05, 0.1) is 10.9 Å². The zero-order valence-electron chi connectivity index (χ0n) is 13.4. The van der Waals surface area contributed by atoms with Gasteiger partial charge in [-0.15, -0.1) is 0 Å². The first-order chi connectivity index (χ1) is 11.8. The van der Waals surface area contributed by atoms with Crippen molar-refractivity contribution in [1.82, 2.24) is 4.98 Å². The van der Waals surface area contributed by atoms with Gasteiger partial charge in [-0.25, -0.2) is 0 Å². The van der Waals surface area contributed by atoms with Crippen molar-refractivity contribution in [2.75, 3.05) is 0 Å². The first kappa shape index (κ1) is 14.5. The van der Waals surface area contributed by atoms with E-state index in [0.29, 0.717) is 0 Å². The minimum absolute atomic E-state index is 0.0485. The fourth-order valence-corrected chi connectivity index (χ4v) is 3.23. The Hall–Kier alpha value is -3.13. The summed E-state index contributed by atoms with van der Waals surface area (Å²) in [4.78, 5) is 15.7. The van der Waals surface area contributed by atoms with Crippen molar-refractivity contribution in [3.05, 3.63) is 88.7 Å². The molecule has 3 aromatic carbocycles. The molecule has 4 aromatic rings. The van der Waals surface area contributed by atoms with Gasteiger partial charge in [0, 0.05) is 6.20 Å². The van der Waals surface area contributed by atoms with Crippen molar-refractivity contribution in [2.45, 2.75) is 6.92 Å². The molecule has 0 radical (unpaired) electrons. The summed E-state index contributed by atoms with van der Waals surface area (Å²) in [6.07, 6.45) is 5.96. The molecule has 2 heteroatoms. The normalized spacial score (nSPS) is 11.5. The van der Waals surface area contributed by atoms with Gasteiger partial charge in [0.1, 0.15) is 0 Å². The summed E-state index contributed by atoms with van der Waals surface area (Å²) < 4.78 is 0. The molecule has 0 aliphatic carbocycles. The minimum Gasteiger partial charge on any atom is -0.361 e. The smallest absolute Gasteiger partial charge is 0.188 e. The van der Waals surface area contributed by atoms with Gasteiger partial charge in [0.2, 0.25) is 0 Å². The van der Waals surface area contributed by atoms with Gasteiger partial charge in [-0.1, -0.05) is 54.6 Å². The quantitative estimate of drug-likeness (QED) is 0.495. The lowest BCUT2D eigenvalue weighted by molar-refractivity contribution is 1.42. The Kier molecular flexibility index (Phi) is 3.51. The molecule has 116 valence electrons. The SMILES string of the molecule is CC=Cc1ccc(-c2ccc(=O)c3c2ccc2ccc[nH]c23)cc1. The van der Waals surface area contributed by atoms with Gasteiger partial charge < -0.3 is 4.98 Å². The van der Waals surface area contributed by atoms with E-state index in [2.05, 4.69) is 41.4 Å². The molecule has 0 saturated carbocycles. The number of pyridine rings is 1. The molecule has 0 aliphatic heterocycles. The Bertz CT molecular complexity index is 1120. The molecule has 2 nitrogen and oxygen atoms in total. The highest BCUT2D eigenvalue weighted by Gasteiger charge is 2.10. The van der Waals surface area contributed by atoms with Crippen LogP contribution in [0.1, 0.15) is 12.5 Å². The minimum atomic E-state index is 0.0485. The molecule has 0 amide bonds. The van der Waals surface area contributed by atoms with Gasteiger partial charge in [-0.3, -0.25) is 4.79 Å². The molecular formula is C22H17NO. The van der Waals surface area contributed by atoms with Crippen LogP contribution in [-0.4, -0.2) is 4.98 Å². The summed E-state index contributed by atoms with van der Waals surface area (Å²) in [5, 5.41) is 2.78. The van der Waals surface area contributed by atoms with E-state index >= 15 is 0 Å². The van der Waals surface area contributed by atoms with Gasteiger partial charge >= 0.3 is 0 Å². The molecule has 0 atom stereocenters. The van der Waals surface area contributed by atoms with Crippen LogP contribution in [0.3, 0.4) is 0 Å². The largest absolute Gasteiger partial charge is 0.361 e. The van der Waals surface area contributed by atoms with E-state index in [1.165, 1.54) is 5.56 Å². The Morgan fingerprint density at radius 1 is 0.917 bits per heavy atom. The van der Waals surface area contributed by atoms with Crippen molar-refractivity contribution in [3.8, 4) is 11.1 Å². The maximum absolute atomic E-state index is 12.5. The van der Waals surface area contributed by atoms with Crippen LogP contribution >= 0.6 is 0 Å². The van der Waals surface area contributed by atoms with Crippen molar-refractivity contribution >= 4 is 27.8 Å². The molecule has 0 bridgehead atoms. The third-order valence-corrected chi connectivity index (χ3v) is 4.36. The van der Waals surface area contributed by atoms with Crippen molar-refractivity contribution in [2.24, 2.45) is 0 Å². The van der Waals surface area contributed by atoms with Gasteiger partial charge in [-0.05, 0) is 52.6 Å². The summed E-state index contributed by atoms with van der Waals surface area (Å²) in [7, 11) is 0. The van der Waals surface area contributed by atoms with Crippen molar-refractivity contribution in [3.63, 3.8) is 0 Å². The van der Waals surface area contributed by atoms with E-state index < -0.39 is 0 Å². The molecule has 0 saturated heterocycles. The molecular weight excluding hydrogens is 294 g/mol. The van der Waals surface area contributed by atoms with Crippen molar-refractivity contribution < 1.29 is 0 Å². The Labute approximate surface area is 140 Å². The van der Waals surface area contributed by atoms with E-state index in [4.69, 9.17) is 0 Å². The van der Waals surface area contributed by atoms with Crippen LogP contribution in [0, 0.1) is 0 Å². The molecule has 1 heterocycles. The topological polar surface area (TPSA) is 32.9 Å². The average Bonchev–Trinajstić information content (AvgIpc) is 2.63. The predicted octanol–water partition coefficient (Wildman–Crippen LogP) is 5.38. The maximum atomic E-state index is 12.5.